The Hall–Kier alpha value is -1.02. The van der Waals surface area contributed by atoms with E-state index in [-0.39, 0.29) is 0 Å². The number of alkyl halides is 3. The van der Waals surface area contributed by atoms with Gasteiger partial charge in [-0.3, -0.25) is 4.98 Å². The van der Waals surface area contributed by atoms with Crippen molar-refractivity contribution >= 4 is 19.7 Å². The molecule has 1 aromatic rings. The number of hydrogen-bond donors (Lipinski definition) is 0. The molecule has 0 saturated heterocycles. The summed E-state index contributed by atoms with van der Waals surface area (Å²) in [6.45, 7) is 0. The highest BCUT2D eigenvalue weighted by molar-refractivity contribution is 8.13. The summed E-state index contributed by atoms with van der Waals surface area (Å²) < 4.78 is 63.1. The fraction of sp³-hybridized carbons (Fsp3) is 0.286. The van der Waals surface area contributed by atoms with E-state index in [9.17, 15) is 21.6 Å². The van der Waals surface area contributed by atoms with E-state index < -0.39 is 31.6 Å². The largest absolute Gasteiger partial charge is 0.495 e. The molecule has 0 bridgehead atoms. The quantitative estimate of drug-likeness (QED) is 0.775. The Bertz CT molecular complexity index is 500. The first-order valence-electron chi connectivity index (χ1n) is 3.72. The van der Waals surface area contributed by atoms with Crippen LogP contribution in [0.15, 0.2) is 17.2 Å². The van der Waals surface area contributed by atoms with Crippen LogP contribution in [-0.4, -0.2) is 20.5 Å². The molecule has 1 heterocycles. The standard InChI is InChI=1S/C7H5ClF3NO3S/c1-15-4-2-6(7(9,10)11)12-3-5(4)16(8,13)14/h2-3H,1H3. The molecule has 0 aliphatic rings. The van der Waals surface area contributed by atoms with Gasteiger partial charge in [0.25, 0.3) is 9.05 Å². The normalized spacial score (nSPS) is 12.6. The second-order valence-electron chi connectivity index (χ2n) is 2.66. The molecule has 0 radical (unpaired) electrons. The number of hydrogen-bond acceptors (Lipinski definition) is 4. The van der Waals surface area contributed by atoms with Crippen molar-refractivity contribution in [3.8, 4) is 5.75 Å². The first-order chi connectivity index (χ1) is 7.16. The lowest BCUT2D eigenvalue weighted by Gasteiger charge is -2.09. The number of nitrogens with zero attached hydrogens (tertiary/aromatic N) is 1. The highest BCUT2D eigenvalue weighted by Gasteiger charge is 2.34. The molecule has 90 valence electrons. The Kier molecular flexibility index (Phi) is 3.34. The van der Waals surface area contributed by atoms with E-state index in [1.54, 1.807) is 0 Å². The van der Waals surface area contributed by atoms with Gasteiger partial charge in [0, 0.05) is 16.7 Å². The second-order valence-corrected chi connectivity index (χ2v) is 5.19. The van der Waals surface area contributed by atoms with Gasteiger partial charge in [0.15, 0.2) is 0 Å². The van der Waals surface area contributed by atoms with Crippen LogP contribution in [-0.2, 0) is 15.2 Å². The summed E-state index contributed by atoms with van der Waals surface area (Å²) >= 11 is 0. The van der Waals surface area contributed by atoms with Gasteiger partial charge in [-0.05, 0) is 0 Å². The minimum atomic E-state index is -4.68. The number of pyridine rings is 1. The molecule has 0 aliphatic carbocycles. The number of halogens is 4. The van der Waals surface area contributed by atoms with Gasteiger partial charge in [0.1, 0.15) is 16.3 Å². The van der Waals surface area contributed by atoms with Crippen LogP contribution < -0.4 is 4.74 Å². The summed E-state index contributed by atoms with van der Waals surface area (Å²) in [5.74, 6) is -0.502. The van der Waals surface area contributed by atoms with Crippen LogP contribution in [0.25, 0.3) is 0 Å². The summed E-state index contributed by atoms with van der Waals surface area (Å²) in [5, 5.41) is 0. The molecule has 16 heavy (non-hydrogen) atoms. The summed E-state index contributed by atoms with van der Waals surface area (Å²) in [6, 6.07) is 0.468. The third-order valence-electron chi connectivity index (χ3n) is 1.60. The van der Waals surface area contributed by atoms with Gasteiger partial charge < -0.3 is 4.74 Å². The van der Waals surface area contributed by atoms with E-state index in [1.807, 2.05) is 0 Å². The molecule has 1 rings (SSSR count). The third-order valence-corrected chi connectivity index (χ3v) is 2.94. The van der Waals surface area contributed by atoms with E-state index in [2.05, 4.69) is 9.72 Å². The lowest BCUT2D eigenvalue weighted by Crippen LogP contribution is -2.09. The van der Waals surface area contributed by atoms with Crippen molar-refractivity contribution in [1.82, 2.24) is 4.98 Å². The summed E-state index contributed by atoms with van der Waals surface area (Å²) in [5.41, 5.74) is -1.26. The predicted octanol–water partition coefficient (Wildman–Crippen LogP) is 2.04. The molecule has 0 aromatic carbocycles. The topological polar surface area (TPSA) is 56.3 Å². The maximum absolute atomic E-state index is 12.2. The van der Waals surface area contributed by atoms with Crippen LogP contribution in [0.1, 0.15) is 5.69 Å². The average Bonchev–Trinajstić information content (AvgIpc) is 2.14. The highest BCUT2D eigenvalue weighted by atomic mass is 35.7. The molecule has 0 saturated carbocycles. The molecule has 0 amide bonds. The Morgan fingerprint density at radius 3 is 2.38 bits per heavy atom. The monoisotopic (exact) mass is 275 g/mol. The number of rotatable bonds is 2. The van der Waals surface area contributed by atoms with Crippen LogP contribution in [0.2, 0.25) is 0 Å². The second kappa shape index (κ2) is 4.10. The number of ether oxygens (including phenoxy) is 1. The Labute approximate surface area is 93.4 Å². The van der Waals surface area contributed by atoms with Gasteiger partial charge in [-0.15, -0.1) is 0 Å². The SMILES string of the molecule is COc1cc(C(F)(F)F)ncc1S(=O)(=O)Cl. The van der Waals surface area contributed by atoms with Crippen molar-refractivity contribution in [2.75, 3.05) is 7.11 Å². The third kappa shape index (κ3) is 2.76. The van der Waals surface area contributed by atoms with E-state index in [1.165, 1.54) is 0 Å². The first kappa shape index (κ1) is 13.0. The molecule has 0 unspecified atom stereocenters. The van der Waals surface area contributed by atoms with Gasteiger partial charge in [0.2, 0.25) is 0 Å². The molecule has 4 nitrogen and oxygen atoms in total. The smallest absolute Gasteiger partial charge is 0.433 e. The molecule has 0 fully saturated rings. The zero-order chi connectivity index (χ0) is 12.6. The van der Waals surface area contributed by atoms with Crippen LogP contribution in [0.3, 0.4) is 0 Å². The zero-order valence-corrected chi connectivity index (χ0v) is 9.32. The van der Waals surface area contributed by atoms with E-state index in [4.69, 9.17) is 10.7 Å². The molecule has 1 aromatic heterocycles. The Morgan fingerprint density at radius 2 is 2.00 bits per heavy atom. The van der Waals surface area contributed by atoms with Crippen molar-refractivity contribution in [2.45, 2.75) is 11.1 Å². The minimum absolute atomic E-state index is 0.468. The Balaban J connectivity index is 3.40. The molecular weight excluding hydrogens is 271 g/mol. The maximum Gasteiger partial charge on any atom is 0.433 e. The molecule has 0 aliphatic heterocycles. The van der Waals surface area contributed by atoms with Gasteiger partial charge in [-0.1, -0.05) is 0 Å². The van der Waals surface area contributed by atoms with Crippen LogP contribution >= 0.6 is 10.7 Å². The fourth-order valence-corrected chi connectivity index (χ4v) is 1.83. The summed E-state index contributed by atoms with van der Waals surface area (Å²) in [4.78, 5) is 2.35. The summed E-state index contributed by atoms with van der Waals surface area (Å²) in [6.07, 6.45) is -4.17. The van der Waals surface area contributed by atoms with E-state index >= 15 is 0 Å². The van der Waals surface area contributed by atoms with Crippen molar-refractivity contribution < 1.29 is 26.3 Å². The number of aromatic nitrogens is 1. The lowest BCUT2D eigenvalue weighted by atomic mass is 10.3. The van der Waals surface area contributed by atoms with E-state index in [0.717, 1.165) is 7.11 Å². The molecule has 0 spiro atoms. The fourth-order valence-electron chi connectivity index (χ4n) is 0.922. The van der Waals surface area contributed by atoms with Crippen LogP contribution in [0.5, 0.6) is 5.75 Å². The van der Waals surface area contributed by atoms with Crippen molar-refractivity contribution in [3.63, 3.8) is 0 Å². The average molecular weight is 276 g/mol. The van der Waals surface area contributed by atoms with Crippen molar-refractivity contribution in [3.05, 3.63) is 18.0 Å². The molecule has 0 atom stereocenters. The van der Waals surface area contributed by atoms with Gasteiger partial charge in [0.05, 0.1) is 13.3 Å². The predicted molar refractivity (Wildman–Crippen MR) is 48.8 cm³/mol. The molecule has 9 heteroatoms. The summed E-state index contributed by atoms with van der Waals surface area (Å²) in [7, 11) is 1.82. The maximum atomic E-state index is 12.2. The highest BCUT2D eigenvalue weighted by Crippen LogP contribution is 2.33. The Morgan fingerprint density at radius 1 is 1.44 bits per heavy atom. The van der Waals surface area contributed by atoms with Gasteiger partial charge in [-0.25, -0.2) is 8.42 Å². The first-order valence-corrected chi connectivity index (χ1v) is 6.03. The minimum Gasteiger partial charge on any atom is -0.495 e. The van der Waals surface area contributed by atoms with Crippen molar-refractivity contribution in [1.29, 1.82) is 0 Å². The van der Waals surface area contributed by atoms with Crippen molar-refractivity contribution in [2.24, 2.45) is 0 Å². The van der Waals surface area contributed by atoms with Crippen LogP contribution in [0.4, 0.5) is 13.2 Å². The lowest BCUT2D eigenvalue weighted by molar-refractivity contribution is -0.141. The zero-order valence-electron chi connectivity index (χ0n) is 7.75. The van der Waals surface area contributed by atoms with Crippen LogP contribution in [0, 0.1) is 0 Å². The molecule has 0 N–H and O–H groups in total. The molecular formula is C7H5ClF3NO3S. The number of methoxy groups -OCH3 is 1. The van der Waals surface area contributed by atoms with Gasteiger partial charge >= 0.3 is 6.18 Å². The van der Waals surface area contributed by atoms with E-state index in [0.29, 0.717) is 12.3 Å². The van der Waals surface area contributed by atoms with Gasteiger partial charge in [-0.2, -0.15) is 13.2 Å².